The summed E-state index contributed by atoms with van der Waals surface area (Å²) in [5, 5.41) is 11.4. The van der Waals surface area contributed by atoms with Gasteiger partial charge in [-0.15, -0.1) is 0 Å². The van der Waals surface area contributed by atoms with Crippen LogP contribution < -0.4 is 21.7 Å². The van der Waals surface area contributed by atoms with Crippen molar-refractivity contribution in [1.29, 1.82) is 0 Å². The highest BCUT2D eigenvalue weighted by Crippen LogP contribution is 2.34. The van der Waals surface area contributed by atoms with E-state index in [9.17, 15) is 0 Å². The van der Waals surface area contributed by atoms with Gasteiger partial charge in [0.1, 0.15) is 12.0 Å². The predicted molar refractivity (Wildman–Crippen MR) is 114 cm³/mol. The molecular formula is C19H26Cl2N6. The van der Waals surface area contributed by atoms with Crippen LogP contribution in [0.2, 0.25) is 10.0 Å². The standard InChI is InChI=1S/C19H26Cl2N6/c1-18(2)8-12(9-19(3,4)27-18)25-16-15(22)17(24-10-23-16)26-14-7-11(20)5-6-13(14)21/h5-7,10,12,27H,8-9,22H2,1-4H3,(H2,23,24,25,26). The van der Waals surface area contributed by atoms with Gasteiger partial charge in [0.25, 0.3) is 0 Å². The van der Waals surface area contributed by atoms with E-state index >= 15 is 0 Å². The molecule has 2 heterocycles. The Balaban J connectivity index is 1.82. The zero-order chi connectivity index (χ0) is 19.8. The van der Waals surface area contributed by atoms with E-state index in [2.05, 4.69) is 53.6 Å². The Morgan fingerprint density at radius 3 is 2.37 bits per heavy atom. The van der Waals surface area contributed by atoms with Crippen LogP contribution in [-0.4, -0.2) is 27.1 Å². The van der Waals surface area contributed by atoms with Crippen LogP contribution in [0.15, 0.2) is 24.5 Å². The summed E-state index contributed by atoms with van der Waals surface area (Å²) >= 11 is 12.3. The van der Waals surface area contributed by atoms with Crippen LogP contribution in [0.3, 0.4) is 0 Å². The molecule has 1 fully saturated rings. The first-order valence-corrected chi connectivity index (χ1v) is 9.69. The monoisotopic (exact) mass is 408 g/mol. The molecule has 0 amide bonds. The molecule has 2 aromatic rings. The Bertz CT molecular complexity index is 821. The second-order valence-electron chi connectivity index (χ2n) is 8.38. The minimum Gasteiger partial charge on any atom is -0.393 e. The Hall–Kier alpha value is -1.76. The van der Waals surface area contributed by atoms with Crippen molar-refractivity contribution in [3.8, 4) is 0 Å². The molecule has 1 aromatic carbocycles. The highest BCUT2D eigenvalue weighted by molar-refractivity contribution is 6.35. The number of anilines is 4. The van der Waals surface area contributed by atoms with Crippen LogP contribution in [0.4, 0.5) is 23.0 Å². The van der Waals surface area contributed by atoms with Crippen LogP contribution in [0.5, 0.6) is 0 Å². The average Bonchev–Trinajstić information content (AvgIpc) is 2.51. The summed E-state index contributed by atoms with van der Waals surface area (Å²) in [6, 6.07) is 5.43. The lowest BCUT2D eigenvalue weighted by atomic mass is 9.79. The molecule has 27 heavy (non-hydrogen) atoms. The van der Waals surface area contributed by atoms with Gasteiger partial charge in [0.15, 0.2) is 11.6 Å². The maximum Gasteiger partial charge on any atom is 0.159 e. The van der Waals surface area contributed by atoms with Crippen molar-refractivity contribution in [1.82, 2.24) is 15.3 Å². The second kappa shape index (κ2) is 7.34. The number of nitrogens with one attached hydrogen (secondary N) is 3. The molecule has 1 aliphatic rings. The molecule has 1 aromatic heterocycles. The number of piperidine rings is 1. The van der Waals surface area contributed by atoms with Gasteiger partial charge in [0.05, 0.1) is 10.7 Å². The van der Waals surface area contributed by atoms with Crippen molar-refractivity contribution >= 4 is 46.2 Å². The predicted octanol–water partition coefficient (Wildman–Crippen LogP) is 4.83. The van der Waals surface area contributed by atoms with Gasteiger partial charge in [-0.2, -0.15) is 0 Å². The third kappa shape index (κ3) is 4.94. The smallest absolute Gasteiger partial charge is 0.159 e. The molecule has 0 bridgehead atoms. The molecule has 5 N–H and O–H groups in total. The van der Waals surface area contributed by atoms with Gasteiger partial charge < -0.3 is 21.7 Å². The summed E-state index contributed by atoms with van der Waals surface area (Å²) in [4.78, 5) is 8.60. The highest BCUT2D eigenvalue weighted by atomic mass is 35.5. The number of hydrogen-bond donors (Lipinski definition) is 4. The lowest BCUT2D eigenvalue weighted by Gasteiger charge is -2.46. The van der Waals surface area contributed by atoms with E-state index in [1.54, 1.807) is 18.2 Å². The van der Waals surface area contributed by atoms with Crippen LogP contribution >= 0.6 is 23.2 Å². The second-order valence-corrected chi connectivity index (χ2v) is 9.22. The first kappa shape index (κ1) is 20.0. The number of nitrogens with zero attached hydrogens (tertiary/aromatic N) is 2. The fraction of sp³-hybridized carbons (Fsp3) is 0.474. The van der Waals surface area contributed by atoms with E-state index < -0.39 is 0 Å². The van der Waals surface area contributed by atoms with Crippen molar-refractivity contribution in [3.63, 3.8) is 0 Å². The van der Waals surface area contributed by atoms with E-state index in [4.69, 9.17) is 28.9 Å². The normalized spacial score (nSPS) is 18.9. The zero-order valence-electron chi connectivity index (χ0n) is 16.0. The number of nitrogens with two attached hydrogens (primary N) is 1. The minimum atomic E-state index is 0.0244. The summed E-state index contributed by atoms with van der Waals surface area (Å²) in [7, 11) is 0. The molecule has 0 spiro atoms. The number of benzene rings is 1. The van der Waals surface area contributed by atoms with Crippen molar-refractivity contribution in [3.05, 3.63) is 34.6 Å². The maximum absolute atomic E-state index is 6.33. The fourth-order valence-electron chi connectivity index (χ4n) is 3.95. The lowest BCUT2D eigenvalue weighted by Crippen LogP contribution is -2.60. The van der Waals surface area contributed by atoms with Crippen LogP contribution in [0.25, 0.3) is 0 Å². The van der Waals surface area contributed by atoms with Crippen LogP contribution in [0.1, 0.15) is 40.5 Å². The van der Waals surface area contributed by atoms with Crippen LogP contribution in [-0.2, 0) is 0 Å². The van der Waals surface area contributed by atoms with E-state index in [1.807, 2.05) is 0 Å². The van der Waals surface area contributed by atoms with Gasteiger partial charge in [0.2, 0.25) is 0 Å². The summed E-state index contributed by atoms with van der Waals surface area (Å²) in [6.45, 7) is 8.83. The molecular weight excluding hydrogens is 383 g/mol. The molecule has 0 saturated carbocycles. The Morgan fingerprint density at radius 1 is 1.07 bits per heavy atom. The largest absolute Gasteiger partial charge is 0.393 e. The van der Waals surface area contributed by atoms with E-state index in [0.29, 0.717) is 33.1 Å². The minimum absolute atomic E-state index is 0.0244. The van der Waals surface area contributed by atoms with Gasteiger partial charge in [-0.05, 0) is 58.7 Å². The summed E-state index contributed by atoms with van der Waals surface area (Å²) in [6.07, 6.45) is 3.41. The average molecular weight is 409 g/mol. The molecule has 6 nitrogen and oxygen atoms in total. The first-order valence-electron chi connectivity index (χ1n) is 8.93. The topological polar surface area (TPSA) is 87.9 Å². The van der Waals surface area contributed by atoms with Gasteiger partial charge in [0, 0.05) is 22.1 Å². The number of aromatic nitrogens is 2. The molecule has 1 saturated heterocycles. The van der Waals surface area contributed by atoms with Crippen molar-refractivity contribution in [2.45, 2.75) is 57.7 Å². The Morgan fingerprint density at radius 2 is 1.70 bits per heavy atom. The highest BCUT2D eigenvalue weighted by Gasteiger charge is 2.37. The molecule has 0 unspecified atom stereocenters. The quantitative estimate of drug-likeness (QED) is 0.579. The third-order valence-electron chi connectivity index (χ3n) is 4.60. The summed E-state index contributed by atoms with van der Waals surface area (Å²) in [5.41, 5.74) is 7.47. The summed E-state index contributed by atoms with van der Waals surface area (Å²) in [5.74, 6) is 1.10. The molecule has 146 valence electrons. The van der Waals surface area contributed by atoms with Crippen molar-refractivity contribution in [2.75, 3.05) is 16.4 Å². The molecule has 3 rings (SSSR count). The zero-order valence-corrected chi connectivity index (χ0v) is 17.5. The van der Waals surface area contributed by atoms with Crippen LogP contribution in [0, 0.1) is 0 Å². The van der Waals surface area contributed by atoms with Crippen molar-refractivity contribution < 1.29 is 0 Å². The lowest BCUT2D eigenvalue weighted by molar-refractivity contribution is 0.170. The maximum atomic E-state index is 6.33. The first-order chi connectivity index (χ1) is 12.5. The third-order valence-corrected chi connectivity index (χ3v) is 5.16. The molecule has 0 aliphatic carbocycles. The fourth-order valence-corrected chi connectivity index (χ4v) is 4.29. The van der Waals surface area contributed by atoms with Gasteiger partial charge >= 0.3 is 0 Å². The molecule has 0 radical (unpaired) electrons. The number of rotatable bonds is 4. The Kier molecular flexibility index (Phi) is 5.43. The Labute approximate surface area is 170 Å². The van der Waals surface area contributed by atoms with Gasteiger partial charge in [-0.25, -0.2) is 9.97 Å². The van der Waals surface area contributed by atoms with E-state index in [0.717, 1.165) is 12.8 Å². The van der Waals surface area contributed by atoms with E-state index in [1.165, 1.54) is 6.33 Å². The number of hydrogen-bond acceptors (Lipinski definition) is 6. The number of halogens is 2. The van der Waals surface area contributed by atoms with Gasteiger partial charge in [-0.1, -0.05) is 23.2 Å². The number of nitrogen functional groups attached to an aromatic ring is 1. The molecule has 1 aliphatic heterocycles. The molecule has 0 atom stereocenters. The SMILES string of the molecule is CC1(C)CC(Nc2ncnc(Nc3cc(Cl)ccc3Cl)c2N)CC(C)(C)N1. The van der Waals surface area contributed by atoms with Crippen molar-refractivity contribution in [2.24, 2.45) is 0 Å². The molecule has 8 heteroatoms. The van der Waals surface area contributed by atoms with Gasteiger partial charge in [-0.3, -0.25) is 0 Å². The van der Waals surface area contributed by atoms with E-state index in [-0.39, 0.29) is 17.1 Å². The summed E-state index contributed by atoms with van der Waals surface area (Å²) < 4.78 is 0.